The normalized spacial score (nSPS) is 15.3. The summed E-state index contributed by atoms with van der Waals surface area (Å²) in [5, 5.41) is 2.91. The zero-order chi connectivity index (χ0) is 24.3. The van der Waals surface area contributed by atoms with Gasteiger partial charge in [0.2, 0.25) is 11.8 Å². The lowest BCUT2D eigenvalue weighted by atomic mass is 9.97. The number of carbonyl (C=O) groups excluding carboxylic acids is 1. The van der Waals surface area contributed by atoms with Gasteiger partial charge in [0, 0.05) is 56.6 Å². The second-order valence-corrected chi connectivity index (χ2v) is 10.0. The third kappa shape index (κ3) is 5.26. The molecule has 3 heterocycles. The number of hydrogen-bond acceptors (Lipinski definition) is 6. The quantitative estimate of drug-likeness (QED) is 0.549. The molecule has 0 aliphatic carbocycles. The van der Waals surface area contributed by atoms with Crippen LogP contribution in [0.2, 0.25) is 0 Å². The Hall–Kier alpha value is -3.31. The van der Waals surface area contributed by atoms with Gasteiger partial charge < -0.3 is 14.6 Å². The Morgan fingerprint density at radius 3 is 2.68 bits per heavy atom. The highest BCUT2D eigenvalue weighted by Gasteiger charge is 2.33. The second kappa shape index (κ2) is 9.90. The van der Waals surface area contributed by atoms with Gasteiger partial charge in [0.25, 0.3) is 10.0 Å². The Labute approximate surface area is 197 Å². The molecule has 180 valence electrons. The van der Waals surface area contributed by atoms with Gasteiger partial charge in [-0.25, -0.2) is 22.8 Å². The number of aromatic nitrogens is 3. The number of imidazole rings is 1. The Morgan fingerprint density at radius 1 is 1.24 bits per heavy atom. The first kappa shape index (κ1) is 23.8. The Kier molecular flexibility index (Phi) is 6.94. The fourth-order valence-electron chi connectivity index (χ4n) is 3.76. The first-order valence-corrected chi connectivity index (χ1v) is 12.3. The van der Waals surface area contributed by atoms with E-state index in [1.54, 1.807) is 42.9 Å². The van der Waals surface area contributed by atoms with Crippen LogP contribution in [0, 0.1) is 18.7 Å². The van der Waals surface area contributed by atoms with Crippen LogP contribution in [0.5, 0.6) is 11.6 Å². The van der Waals surface area contributed by atoms with Crippen molar-refractivity contribution >= 4 is 15.9 Å². The molecule has 0 bridgehead atoms. The van der Waals surface area contributed by atoms with Gasteiger partial charge in [0.1, 0.15) is 17.4 Å². The van der Waals surface area contributed by atoms with Crippen molar-refractivity contribution in [3.05, 3.63) is 66.0 Å². The molecule has 1 amide bonds. The number of benzene rings is 1. The van der Waals surface area contributed by atoms with E-state index in [0.717, 1.165) is 0 Å². The maximum atomic E-state index is 13.4. The Morgan fingerprint density at radius 2 is 2.00 bits per heavy atom. The van der Waals surface area contributed by atoms with Crippen molar-refractivity contribution in [2.45, 2.75) is 31.3 Å². The lowest BCUT2D eigenvalue weighted by Crippen LogP contribution is -2.43. The lowest BCUT2D eigenvalue weighted by molar-refractivity contribution is -0.126. The number of nitrogens with one attached hydrogen (secondary N) is 1. The van der Waals surface area contributed by atoms with Crippen molar-refractivity contribution in [1.29, 1.82) is 0 Å². The van der Waals surface area contributed by atoms with Crippen molar-refractivity contribution in [1.82, 2.24) is 24.2 Å². The lowest BCUT2D eigenvalue weighted by Gasteiger charge is -2.30. The minimum absolute atomic E-state index is 0.0257. The predicted molar refractivity (Wildman–Crippen MR) is 122 cm³/mol. The summed E-state index contributed by atoms with van der Waals surface area (Å²) in [6.45, 7) is 2.42. The maximum Gasteiger partial charge on any atom is 0.262 e. The predicted octanol–water partition coefficient (Wildman–Crippen LogP) is 2.77. The molecule has 1 aliphatic heterocycles. The van der Waals surface area contributed by atoms with Gasteiger partial charge in [0.05, 0.1) is 0 Å². The zero-order valence-electron chi connectivity index (χ0n) is 18.9. The summed E-state index contributed by atoms with van der Waals surface area (Å²) in [6, 6.07) is 9.23. The van der Waals surface area contributed by atoms with Gasteiger partial charge in [-0.05, 0) is 38.0 Å². The Bertz CT molecular complexity index is 1270. The average Bonchev–Trinajstić information content (AvgIpc) is 3.17. The largest absolute Gasteiger partial charge is 0.439 e. The molecular weight excluding hydrogens is 461 g/mol. The molecule has 0 saturated carbocycles. The van der Waals surface area contributed by atoms with Gasteiger partial charge >= 0.3 is 0 Å². The van der Waals surface area contributed by atoms with Crippen LogP contribution in [-0.4, -0.2) is 46.3 Å². The summed E-state index contributed by atoms with van der Waals surface area (Å²) < 4.78 is 47.9. The van der Waals surface area contributed by atoms with Crippen LogP contribution in [0.4, 0.5) is 4.39 Å². The van der Waals surface area contributed by atoms with Gasteiger partial charge in [-0.3, -0.25) is 4.79 Å². The monoisotopic (exact) mass is 487 g/mol. The molecule has 3 aromatic rings. The summed E-state index contributed by atoms with van der Waals surface area (Å²) in [4.78, 5) is 21.1. The number of carbonyl (C=O) groups is 1. The summed E-state index contributed by atoms with van der Waals surface area (Å²) in [5.41, 5.74) is 0.644. The van der Waals surface area contributed by atoms with E-state index in [2.05, 4.69) is 15.3 Å². The smallest absolute Gasteiger partial charge is 0.262 e. The molecule has 0 unspecified atom stereocenters. The van der Waals surface area contributed by atoms with Gasteiger partial charge in [0.15, 0.2) is 5.03 Å². The van der Waals surface area contributed by atoms with Crippen LogP contribution in [-0.2, 0) is 28.4 Å². The fraction of sp³-hybridized carbons (Fsp3) is 0.348. The van der Waals surface area contributed by atoms with E-state index >= 15 is 0 Å². The number of nitrogens with zero attached hydrogens (tertiary/aromatic N) is 4. The topological polar surface area (TPSA) is 106 Å². The van der Waals surface area contributed by atoms with Crippen LogP contribution in [0.3, 0.4) is 0 Å². The number of piperidine rings is 1. The molecule has 2 aromatic heterocycles. The van der Waals surface area contributed by atoms with Crippen LogP contribution < -0.4 is 10.1 Å². The highest BCUT2D eigenvalue weighted by atomic mass is 32.2. The van der Waals surface area contributed by atoms with Gasteiger partial charge in [-0.15, -0.1) is 0 Å². The number of halogens is 1. The van der Waals surface area contributed by atoms with Gasteiger partial charge in [-0.1, -0.05) is 12.1 Å². The highest BCUT2D eigenvalue weighted by molar-refractivity contribution is 7.89. The van der Waals surface area contributed by atoms with Crippen LogP contribution >= 0.6 is 0 Å². The second-order valence-electron chi connectivity index (χ2n) is 8.16. The van der Waals surface area contributed by atoms with Crippen LogP contribution in [0.15, 0.2) is 53.8 Å². The number of amides is 1. The van der Waals surface area contributed by atoms with Crippen LogP contribution in [0.25, 0.3) is 0 Å². The van der Waals surface area contributed by atoms with Crippen molar-refractivity contribution < 1.29 is 22.3 Å². The first-order valence-electron chi connectivity index (χ1n) is 10.9. The first-order chi connectivity index (χ1) is 16.2. The minimum Gasteiger partial charge on any atom is -0.439 e. The van der Waals surface area contributed by atoms with Crippen molar-refractivity contribution in [2.75, 3.05) is 13.1 Å². The molecular formula is C23H26FN5O4S. The average molecular weight is 488 g/mol. The molecule has 34 heavy (non-hydrogen) atoms. The molecule has 0 atom stereocenters. The van der Waals surface area contributed by atoms with Gasteiger partial charge in [-0.2, -0.15) is 4.31 Å². The molecule has 1 saturated heterocycles. The van der Waals surface area contributed by atoms with E-state index in [-0.39, 0.29) is 42.4 Å². The molecule has 1 N–H and O–H groups in total. The van der Waals surface area contributed by atoms with E-state index < -0.39 is 15.8 Å². The summed E-state index contributed by atoms with van der Waals surface area (Å²) in [5.74, 6) is 0.314. The van der Waals surface area contributed by atoms with E-state index in [1.165, 1.54) is 28.7 Å². The molecule has 0 radical (unpaired) electrons. The molecule has 1 aromatic carbocycles. The highest BCUT2D eigenvalue weighted by Crippen LogP contribution is 2.25. The number of sulfonamides is 1. The summed E-state index contributed by atoms with van der Waals surface area (Å²) in [7, 11) is -1.94. The third-order valence-corrected chi connectivity index (χ3v) is 7.60. The number of hydrogen-bond donors (Lipinski definition) is 1. The van der Waals surface area contributed by atoms with Crippen LogP contribution in [0.1, 0.15) is 24.2 Å². The molecule has 11 heteroatoms. The van der Waals surface area contributed by atoms with E-state index in [9.17, 15) is 17.6 Å². The number of aryl methyl sites for hydroxylation is 2. The number of ether oxygens (including phenoxy) is 1. The standard InChI is InChI=1S/C23H26FN5O4S/c1-16-27-21(15-28(16)2)34(31,32)29-11-8-17(9-12-29)22(30)26-14-18-5-4-10-25-23(18)33-20-7-3-6-19(24)13-20/h3-7,10,13,15,17H,8-9,11-12,14H2,1-2H3,(H,26,30). The van der Waals surface area contributed by atoms with E-state index in [4.69, 9.17) is 4.74 Å². The molecule has 1 aliphatic rings. The van der Waals surface area contributed by atoms with Crippen molar-refractivity contribution in [2.24, 2.45) is 13.0 Å². The number of rotatable bonds is 7. The molecule has 1 fully saturated rings. The minimum atomic E-state index is -3.69. The molecule has 0 spiro atoms. The van der Waals surface area contributed by atoms with E-state index in [0.29, 0.717) is 30.0 Å². The van der Waals surface area contributed by atoms with Crippen molar-refractivity contribution in [3.8, 4) is 11.6 Å². The zero-order valence-corrected chi connectivity index (χ0v) is 19.8. The summed E-state index contributed by atoms with van der Waals surface area (Å²) >= 11 is 0. The molecule has 4 rings (SSSR count). The van der Waals surface area contributed by atoms with Crippen molar-refractivity contribution in [3.63, 3.8) is 0 Å². The Balaban J connectivity index is 1.34. The fourth-order valence-corrected chi connectivity index (χ4v) is 5.26. The van der Waals surface area contributed by atoms with E-state index in [1.807, 2.05) is 0 Å². The maximum absolute atomic E-state index is 13.4. The SMILES string of the molecule is Cc1nc(S(=O)(=O)N2CCC(C(=O)NCc3cccnc3Oc3cccc(F)c3)CC2)cn1C. The molecule has 9 nitrogen and oxygen atoms in total. The third-order valence-electron chi connectivity index (χ3n) is 5.83. The summed E-state index contributed by atoms with van der Waals surface area (Å²) in [6.07, 6.45) is 3.88. The number of pyridine rings is 1.